The van der Waals surface area contributed by atoms with Crippen molar-refractivity contribution in [1.29, 1.82) is 0 Å². The van der Waals surface area contributed by atoms with E-state index in [2.05, 4.69) is 12.2 Å². The van der Waals surface area contributed by atoms with Crippen molar-refractivity contribution >= 4 is 5.69 Å². The van der Waals surface area contributed by atoms with Gasteiger partial charge in [0.2, 0.25) is 0 Å². The average Bonchev–Trinajstić information content (AvgIpc) is 2.62. The van der Waals surface area contributed by atoms with Gasteiger partial charge in [0.15, 0.2) is 0 Å². The normalized spacial score (nSPS) is 27.8. The van der Waals surface area contributed by atoms with Crippen LogP contribution in [-0.2, 0) is 0 Å². The van der Waals surface area contributed by atoms with Gasteiger partial charge in [0.05, 0.1) is 12.1 Å². The van der Waals surface area contributed by atoms with Crippen molar-refractivity contribution in [3.8, 4) is 0 Å². The van der Waals surface area contributed by atoms with E-state index in [4.69, 9.17) is 0 Å². The fraction of sp³-hybridized carbons (Fsp3) is 0.625. The molecule has 1 aliphatic carbocycles. The zero-order valence-electron chi connectivity index (χ0n) is 11.7. The van der Waals surface area contributed by atoms with Crippen molar-refractivity contribution in [2.45, 2.75) is 51.0 Å². The summed E-state index contributed by atoms with van der Waals surface area (Å²) in [5.74, 6) is 0.529. The largest absolute Gasteiger partial charge is 0.394 e. The summed E-state index contributed by atoms with van der Waals surface area (Å²) in [6.07, 6.45) is 6.63. The Hall–Kier alpha value is -1.09. The Balaban J connectivity index is 2.09. The van der Waals surface area contributed by atoms with Crippen LogP contribution in [0.15, 0.2) is 24.3 Å². The molecule has 0 bridgehead atoms. The van der Waals surface area contributed by atoms with E-state index in [0.29, 0.717) is 0 Å². The Morgan fingerprint density at radius 2 is 2.21 bits per heavy atom. The highest BCUT2D eigenvalue weighted by molar-refractivity contribution is 5.45. The van der Waals surface area contributed by atoms with Gasteiger partial charge in [-0.25, -0.2) is 4.39 Å². The van der Waals surface area contributed by atoms with E-state index in [1.807, 2.05) is 6.07 Å². The highest BCUT2D eigenvalue weighted by atomic mass is 19.1. The summed E-state index contributed by atoms with van der Waals surface area (Å²) in [4.78, 5) is 0. The molecule has 1 aromatic rings. The summed E-state index contributed by atoms with van der Waals surface area (Å²) in [6.45, 7) is 2.34. The molecule has 1 saturated carbocycles. The molecule has 0 amide bonds. The lowest BCUT2D eigenvalue weighted by Gasteiger charge is -2.33. The maximum atomic E-state index is 13.2. The first-order valence-corrected chi connectivity index (χ1v) is 7.32. The van der Waals surface area contributed by atoms with E-state index in [1.165, 1.54) is 25.0 Å². The molecule has 1 aromatic carbocycles. The lowest BCUT2D eigenvalue weighted by molar-refractivity contribution is 0.194. The zero-order chi connectivity index (χ0) is 13.7. The van der Waals surface area contributed by atoms with Crippen LogP contribution in [-0.4, -0.2) is 17.3 Å². The van der Waals surface area contributed by atoms with Gasteiger partial charge in [-0.1, -0.05) is 32.3 Å². The van der Waals surface area contributed by atoms with Gasteiger partial charge >= 0.3 is 0 Å². The summed E-state index contributed by atoms with van der Waals surface area (Å²) in [5.41, 5.74) is 0.488. The fourth-order valence-corrected chi connectivity index (χ4v) is 3.08. The minimum Gasteiger partial charge on any atom is -0.394 e. The van der Waals surface area contributed by atoms with Gasteiger partial charge in [-0.2, -0.15) is 0 Å². The molecule has 2 N–H and O–H groups in total. The van der Waals surface area contributed by atoms with Crippen LogP contribution in [0.5, 0.6) is 0 Å². The van der Waals surface area contributed by atoms with Gasteiger partial charge < -0.3 is 10.4 Å². The number of aliphatic hydroxyl groups is 1. The number of rotatable bonds is 4. The molecule has 1 fully saturated rings. The lowest BCUT2D eigenvalue weighted by atomic mass is 9.89. The van der Waals surface area contributed by atoms with Crippen molar-refractivity contribution in [3.63, 3.8) is 0 Å². The Kier molecular flexibility index (Phi) is 4.81. The Morgan fingerprint density at radius 1 is 1.37 bits per heavy atom. The quantitative estimate of drug-likeness (QED) is 0.808. The molecule has 2 unspecified atom stereocenters. The molecular weight excluding hydrogens is 241 g/mol. The number of hydrogen-bond acceptors (Lipinski definition) is 2. The number of aliphatic hydroxyl groups excluding tert-OH is 1. The smallest absolute Gasteiger partial charge is 0.125 e. The van der Waals surface area contributed by atoms with Gasteiger partial charge in [0.25, 0.3) is 0 Å². The monoisotopic (exact) mass is 265 g/mol. The number of hydrogen-bond donors (Lipinski definition) is 2. The lowest BCUT2D eigenvalue weighted by Crippen LogP contribution is -2.41. The molecule has 0 heterocycles. The molecule has 0 aromatic heterocycles. The molecule has 3 heteroatoms. The number of benzene rings is 1. The molecule has 0 saturated heterocycles. The Bertz CT molecular complexity index is 409. The first-order valence-electron chi connectivity index (χ1n) is 7.32. The number of nitrogens with one attached hydrogen (secondary N) is 1. The first kappa shape index (κ1) is 14.3. The summed E-state index contributed by atoms with van der Waals surface area (Å²) < 4.78 is 13.2. The third kappa shape index (κ3) is 3.69. The average molecular weight is 265 g/mol. The van der Waals surface area contributed by atoms with Crippen LogP contribution in [0.2, 0.25) is 0 Å². The highest BCUT2D eigenvalue weighted by Crippen LogP contribution is 2.34. The van der Waals surface area contributed by atoms with E-state index in [1.54, 1.807) is 6.07 Å². The molecule has 106 valence electrons. The maximum absolute atomic E-state index is 13.2. The molecule has 2 rings (SSSR count). The van der Waals surface area contributed by atoms with Crippen LogP contribution in [0, 0.1) is 11.7 Å². The van der Waals surface area contributed by atoms with Crippen molar-refractivity contribution in [2.24, 2.45) is 5.92 Å². The standard InChI is InChI=1S/C16H24FNO/c1-2-13-5-4-9-16(12-19,10-8-13)18-15-7-3-6-14(17)11-15/h3,6-7,11,13,18-19H,2,4-5,8-10,12H2,1H3. The number of anilines is 1. The molecule has 0 spiro atoms. The topological polar surface area (TPSA) is 32.3 Å². The fourth-order valence-electron chi connectivity index (χ4n) is 3.08. The zero-order valence-corrected chi connectivity index (χ0v) is 11.7. The van der Waals surface area contributed by atoms with Gasteiger partial charge in [-0.3, -0.25) is 0 Å². The summed E-state index contributed by atoms with van der Waals surface area (Å²) in [5, 5.41) is 13.2. The maximum Gasteiger partial charge on any atom is 0.125 e. The third-order valence-corrected chi connectivity index (χ3v) is 4.41. The van der Waals surface area contributed by atoms with Crippen LogP contribution in [0.4, 0.5) is 10.1 Å². The van der Waals surface area contributed by atoms with Gasteiger partial charge in [0.1, 0.15) is 5.82 Å². The van der Waals surface area contributed by atoms with E-state index in [9.17, 15) is 9.50 Å². The molecule has 1 aliphatic rings. The second-order valence-electron chi connectivity index (χ2n) is 5.78. The van der Waals surface area contributed by atoms with Crippen LogP contribution in [0.1, 0.15) is 45.4 Å². The number of halogens is 1. The van der Waals surface area contributed by atoms with E-state index in [-0.39, 0.29) is 18.0 Å². The molecule has 2 nitrogen and oxygen atoms in total. The van der Waals surface area contributed by atoms with E-state index in [0.717, 1.165) is 37.3 Å². The second-order valence-corrected chi connectivity index (χ2v) is 5.78. The van der Waals surface area contributed by atoms with Crippen molar-refractivity contribution in [3.05, 3.63) is 30.1 Å². The van der Waals surface area contributed by atoms with Crippen molar-refractivity contribution in [1.82, 2.24) is 0 Å². The summed E-state index contributed by atoms with van der Waals surface area (Å²) in [6, 6.07) is 6.51. The van der Waals surface area contributed by atoms with Gasteiger partial charge in [-0.05, 0) is 43.4 Å². The SMILES string of the molecule is CCC1CCCC(CO)(Nc2cccc(F)c2)CC1. The molecular formula is C16H24FNO. The first-order chi connectivity index (χ1) is 9.17. The Labute approximate surface area is 115 Å². The van der Waals surface area contributed by atoms with Crippen LogP contribution in [0.25, 0.3) is 0 Å². The molecule has 19 heavy (non-hydrogen) atoms. The minimum atomic E-state index is -0.280. The molecule has 0 aliphatic heterocycles. The third-order valence-electron chi connectivity index (χ3n) is 4.41. The summed E-state index contributed by atoms with van der Waals surface area (Å²) >= 11 is 0. The van der Waals surface area contributed by atoms with Crippen molar-refractivity contribution < 1.29 is 9.50 Å². The van der Waals surface area contributed by atoms with Crippen LogP contribution >= 0.6 is 0 Å². The van der Waals surface area contributed by atoms with E-state index < -0.39 is 0 Å². The van der Waals surface area contributed by atoms with Gasteiger partial charge in [-0.15, -0.1) is 0 Å². The predicted octanol–water partition coefficient (Wildman–Crippen LogP) is 3.96. The Morgan fingerprint density at radius 3 is 2.89 bits per heavy atom. The second kappa shape index (κ2) is 6.38. The van der Waals surface area contributed by atoms with Crippen LogP contribution < -0.4 is 5.32 Å². The predicted molar refractivity (Wildman–Crippen MR) is 76.7 cm³/mol. The van der Waals surface area contributed by atoms with E-state index >= 15 is 0 Å². The molecule has 2 atom stereocenters. The van der Waals surface area contributed by atoms with Crippen molar-refractivity contribution in [2.75, 3.05) is 11.9 Å². The van der Waals surface area contributed by atoms with Crippen LogP contribution in [0.3, 0.4) is 0 Å². The minimum absolute atomic E-state index is 0.111. The summed E-state index contributed by atoms with van der Waals surface area (Å²) in [7, 11) is 0. The highest BCUT2D eigenvalue weighted by Gasteiger charge is 2.32. The van der Waals surface area contributed by atoms with Gasteiger partial charge in [0, 0.05) is 5.69 Å². The molecule has 0 radical (unpaired) electrons.